The van der Waals surface area contributed by atoms with Crippen LogP contribution in [-0.4, -0.2) is 43.1 Å². The summed E-state index contributed by atoms with van der Waals surface area (Å²) in [6.45, 7) is 0. The Morgan fingerprint density at radius 3 is 2.62 bits per heavy atom. The Kier molecular flexibility index (Phi) is 4.70. The predicted octanol–water partition coefficient (Wildman–Crippen LogP) is 1.52. The van der Waals surface area contributed by atoms with Crippen LogP contribution >= 0.6 is 11.6 Å². The molecule has 0 atom stereocenters. The fraction of sp³-hybridized carbons (Fsp3) is 0.133. The van der Waals surface area contributed by atoms with Crippen LogP contribution < -0.4 is 14.2 Å². The predicted molar refractivity (Wildman–Crippen MR) is 92.2 cm³/mol. The quantitative estimate of drug-likeness (QED) is 0.695. The molecule has 26 heavy (non-hydrogen) atoms. The fourth-order valence-corrected chi connectivity index (χ4v) is 3.71. The van der Waals surface area contributed by atoms with Crippen LogP contribution in [0.15, 0.2) is 41.4 Å². The van der Waals surface area contributed by atoms with Gasteiger partial charge in [0.1, 0.15) is 10.5 Å². The summed E-state index contributed by atoms with van der Waals surface area (Å²) in [6.07, 6.45) is 1.18. The molecule has 9 nitrogen and oxygen atoms in total. The summed E-state index contributed by atoms with van der Waals surface area (Å²) < 4.78 is 38.3. The maximum atomic E-state index is 12.5. The highest BCUT2D eigenvalue weighted by atomic mass is 35.5. The summed E-state index contributed by atoms with van der Waals surface area (Å²) in [4.78, 5) is 16.4. The number of nitrogens with zero attached hydrogens (tertiary/aromatic N) is 3. The number of hydrogen-bond donors (Lipinski definition) is 1. The van der Waals surface area contributed by atoms with Gasteiger partial charge < -0.3 is 9.47 Å². The summed E-state index contributed by atoms with van der Waals surface area (Å²) in [5.41, 5.74) is 0.00545. The first-order chi connectivity index (χ1) is 12.4. The van der Waals surface area contributed by atoms with E-state index in [-0.39, 0.29) is 32.9 Å². The van der Waals surface area contributed by atoms with Crippen molar-refractivity contribution in [2.75, 3.05) is 14.2 Å². The van der Waals surface area contributed by atoms with Gasteiger partial charge in [0.25, 0.3) is 15.9 Å². The highest BCUT2D eigenvalue weighted by Gasteiger charge is 2.24. The van der Waals surface area contributed by atoms with Gasteiger partial charge in [0.15, 0.2) is 5.65 Å². The van der Waals surface area contributed by atoms with E-state index in [9.17, 15) is 13.2 Å². The van der Waals surface area contributed by atoms with Gasteiger partial charge >= 0.3 is 0 Å². The van der Waals surface area contributed by atoms with Gasteiger partial charge in [-0.2, -0.15) is 14.6 Å². The third-order valence-corrected chi connectivity index (χ3v) is 5.26. The monoisotopic (exact) mass is 396 g/mol. The zero-order valence-corrected chi connectivity index (χ0v) is 15.2. The summed E-state index contributed by atoms with van der Waals surface area (Å²) in [5, 5.41) is 3.99. The normalized spacial score (nSPS) is 11.3. The van der Waals surface area contributed by atoms with Crippen LogP contribution in [0.4, 0.5) is 0 Å². The Hall–Kier alpha value is -2.85. The molecule has 0 aliphatic carbocycles. The smallest absolute Gasteiger partial charge is 0.270 e. The van der Waals surface area contributed by atoms with Crippen molar-refractivity contribution >= 4 is 33.2 Å². The molecule has 2 heterocycles. The van der Waals surface area contributed by atoms with Crippen LogP contribution in [0.1, 0.15) is 10.4 Å². The number of amides is 1. The van der Waals surface area contributed by atoms with Crippen LogP contribution in [-0.2, 0) is 10.0 Å². The number of aromatic nitrogens is 3. The molecule has 0 unspecified atom stereocenters. The number of rotatable bonds is 5. The van der Waals surface area contributed by atoms with Gasteiger partial charge in [-0.05, 0) is 12.1 Å². The van der Waals surface area contributed by atoms with Gasteiger partial charge in [0, 0.05) is 0 Å². The zero-order valence-electron chi connectivity index (χ0n) is 13.6. The van der Waals surface area contributed by atoms with Crippen molar-refractivity contribution in [3.63, 3.8) is 0 Å². The van der Waals surface area contributed by atoms with Crippen molar-refractivity contribution in [2.24, 2.45) is 0 Å². The van der Waals surface area contributed by atoms with Crippen molar-refractivity contribution in [1.29, 1.82) is 0 Å². The lowest BCUT2D eigenvalue weighted by Crippen LogP contribution is -2.30. The van der Waals surface area contributed by atoms with Crippen LogP contribution in [0.3, 0.4) is 0 Å². The molecule has 1 aromatic carbocycles. The minimum atomic E-state index is -4.18. The first-order valence-electron chi connectivity index (χ1n) is 7.16. The van der Waals surface area contributed by atoms with Crippen LogP contribution in [0.5, 0.6) is 11.8 Å². The minimum absolute atomic E-state index is 0.00544. The molecule has 0 fully saturated rings. The molecule has 0 radical (unpaired) electrons. The molecule has 0 bridgehead atoms. The van der Waals surface area contributed by atoms with E-state index >= 15 is 0 Å². The van der Waals surface area contributed by atoms with E-state index < -0.39 is 15.9 Å². The van der Waals surface area contributed by atoms with Gasteiger partial charge in [-0.25, -0.2) is 13.1 Å². The molecule has 136 valence electrons. The number of halogens is 1. The SMILES string of the molecule is COc1cc(OC)n2ncc(C(=O)NS(=O)(=O)c3ccccc3Cl)c2n1. The second-order valence-electron chi connectivity index (χ2n) is 5.00. The third-order valence-electron chi connectivity index (χ3n) is 3.43. The van der Waals surface area contributed by atoms with E-state index in [4.69, 9.17) is 21.1 Å². The lowest BCUT2D eigenvalue weighted by atomic mass is 10.3. The first-order valence-corrected chi connectivity index (χ1v) is 9.02. The van der Waals surface area contributed by atoms with Gasteiger partial charge in [-0.1, -0.05) is 23.7 Å². The number of nitrogens with one attached hydrogen (secondary N) is 1. The molecule has 2 aromatic heterocycles. The molecular weight excluding hydrogens is 384 g/mol. The summed E-state index contributed by atoms with van der Waals surface area (Å²) >= 11 is 5.90. The van der Waals surface area contributed by atoms with Crippen molar-refractivity contribution in [2.45, 2.75) is 4.90 Å². The van der Waals surface area contributed by atoms with E-state index in [0.717, 1.165) is 0 Å². The van der Waals surface area contributed by atoms with Crippen molar-refractivity contribution in [1.82, 2.24) is 19.3 Å². The highest BCUT2D eigenvalue weighted by molar-refractivity contribution is 7.90. The lowest BCUT2D eigenvalue weighted by molar-refractivity contribution is 0.0983. The number of sulfonamides is 1. The number of methoxy groups -OCH3 is 2. The fourth-order valence-electron chi connectivity index (χ4n) is 2.22. The van der Waals surface area contributed by atoms with Crippen LogP contribution in [0.25, 0.3) is 5.65 Å². The Morgan fingerprint density at radius 1 is 1.23 bits per heavy atom. The van der Waals surface area contributed by atoms with E-state index in [2.05, 4.69) is 10.1 Å². The molecule has 1 N–H and O–H groups in total. The highest BCUT2D eigenvalue weighted by Crippen LogP contribution is 2.23. The lowest BCUT2D eigenvalue weighted by Gasteiger charge is -2.08. The summed E-state index contributed by atoms with van der Waals surface area (Å²) in [5.74, 6) is -0.472. The molecule has 3 aromatic rings. The average molecular weight is 397 g/mol. The number of hydrogen-bond acceptors (Lipinski definition) is 7. The number of carbonyl (C=O) groups is 1. The molecule has 0 aliphatic heterocycles. The molecule has 0 saturated heterocycles. The molecule has 1 amide bonds. The number of carbonyl (C=O) groups excluding carboxylic acids is 1. The second kappa shape index (κ2) is 6.81. The number of fused-ring (bicyclic) bond motifs is 1. The maximum absolute atomic E-state index is 12.5. The van der Waals surface area contributed by atoms with Crippen LogP contribution in [0, 0.1) is 0 Å². The van der Waals surface area contributed by atoms with Gasteiger partial charge in [0.05, 0.1) is 31.5 Å². The summed E-state index contributed by atoms with van der Waals surface area (Å²) in [7, 11) is -1.36. The minimum Gasteiger partial charge on any atom is -0.481 e. The van der Waals surface area contributed by atoms with E-state index in [1.807, 2.05) is 4.72 Å². The second-order valence-corrected chi connectivity index (χ2v) is 7.06. The Morgan fingerprint density at radius 2 is 1.96 bits per heavy atom. The molecule has 11 heteroatoms. The molecular formula is C15H13ClN4O5S. The molecule has 0 aliphatic rings. The van der Waals surface area contributed by atoms with Crippen molar-refractivity contribution in [3.8, 4) is 11.8 Å². The van der Waals surface area contributed by atoms with E-state index in [1.165, 1.54) is 49.2 Å². The van der Waals surface area contributed by atoms with Gasteiger partial charge in [-0.3, -0.25) is 4.79 Å². The summed E-state index contributed by atoms with van der Waals surface area (Å²) in [6, 6.07) is 7.25. The Bertz CT molecular complexity index is 1100. The van der Waals surface area contributed by atoms with Gasteiger partial charge in [-0.15, -0.1) is 0 Å². The Labute approximate surface area is 153 Å². The molecule has 0 spiro atoms. The van der Waals surface area contributed by atoms with Crippen molar-refractivity contribution in [3.05, 3.63) is 47.1 Å². The number of ether oxygens (including phenoxy) is 2. The van der Waals surface area contributed by atoms with Gasteiger partial charge in [0.2, 0.25) is 11.8 Å². The maximum Gasteiger partial charge on any atom is 0.270 e. The molecule has 0 saturated carbocycles. The zero-order chi connectivity index (χ0) is 18.9. The van der Waals surface area contributed by atoms with Crippen molar-refractivity contribution < 1.29 is 22.7 Å². The van der Waals surface area contributed by atoms with Crippen LogP contribution in [0.2, 0.25) is 5.02 Å². The van der Waals surface area contributed by atoms with E-state index in [1.54, 1.807) is 6.07 Å². The molecule has 3 rings (SSSR count). The largest absolute Gasteiger partial charge is 0.481 e. The van der Waals surface area contributed by atoms with E-state index in [0.29, 0.717) is 0 Å². The first kappa shape index (κ1) is 18.0. The standard InChI is InChI=1S/C15H13ClN4O5S/c1-24-12-7-13(25-2)20-14(18-12)9(8-17-20)15(21)19-26(22,23)11-6-4-3-5-10(11)16/h3-8H,1-2H3,(H,19,21). The Balaban J connectivity index is 2.02. The third kappa shape index (κ3) is 3.16. The topological polar surface area (TPSA) is 112 Å². The average Bonchev–Trinajstić information content (AvgIpc) is 3.04. The number of benzene rings is 1.